The number of nitrogens with zero attached hydrogens (tertiary/aromatic N) is 4. The highest BCUT2D eigenvalue weighted by atomic mass is 16.2. The Morgan fingerprint density at radius 3 is 2.38 bits per heavy atom. The van der Waals surface area contributed by atoms with Crippen molar-refractivity contribution in [2.24, 2.45) is 5.10 Å². The molecule has 0 radical (unpaired) electrons. The number of aryl methyl sites for hydroxylation is 1. The first kappa shape index (κ1) is 19.7. The third-order valence-electron chi connectivity index (χ3n) is 5.44. The van der Waals surface area contributed by atoms with Gasteiger partial charge in [0.2, 0.25) is 0 Å². The van der Waals surface area contributed by atoms with Crippen LogP contribution in [-0.4, -0.2) is 20.7 Å². The molecule has 0 spiro atoms. The van der Waals surface area contributed by atoms with Crippen LogP contribution in [0, 0.1) is 6.92 Å². The smallest absolute Gasteiger partial charge is 0.244 e. The van der Waals surface area contributed by atoms with E-state index in [1.165, 1.54) is 9.36 Å². The van der Waals surface area contributed by atoms with Crippen molar-refractivity contribution in [3.05, 3.63) is 124 Å². The second-order valence-electron chi connectivity index (χ2n) is 7.74. The molecule has 1 heterocycles. The molecule has 0 unspecified atom stereocenters. The molecule has 5 rings (SSSR count). The fourth-order valence-corrected chi connectivity index (χ4v) is 3.73. The van der Waals surface area contributed by atoms with Crippen molar-refractivity contribution in [2.75, 3.05) is 0 Å². The van der Waals surface area contributed by atoms with Crippen LogP contribution in [0.15, 0.2) is 107 Å². The number of hydrogen-bond acceptors (Lipinski definition) is 3. The first-order valence-electron chi connectivity index (χ1n) is 10.5. The summed E-state index contributed by atoms with van der Waals surface area (Å²) in [6.07, 6.45) is 1.73. The molecule has 5 aromatic rings. The van der Waals surface area contributed by atoms with Gasteiger partial charge in [0.15, 0.2) is 5.82 Å². The lowest BCUT2D eigenvalue weighted by Gasteiger charge is -2.03. The van der Waals surface area contributed by atoms with Crippen LogP contribution in [0.3, 0.4) is 0 Å². The van der Waals surface area contributed by atoms with Crippen LogP contribution in [0.4, 0.5) is 0 Å². The van der Waals surface area contributed by atoms with Crippen molar-refractivity contribution >= 4 is 17.0 Å². The fourth-order valence-electron chi connectivity index (χ4n) is 3.73. The first-order valence-corrected chi connectivity index (χ1v) is 10.5. The lowest BCUT2D eigenvalue weighted by molar-refractivity contribution is 0.645. The molecular formula is C27H22N4O. The number of hydrogen-bond donors (Lipinski definition) is 0. The van der Waals surface area contributed by atoms with Gasteiger partial charge in [-0.25, -0.2) is 9.48 Å². The SMILES string of the molecule is Cc1ccc(-c2nn(Cc3ccccc3)c(=O)n2/N=C\c2cccc3ccccc23)cc1. The third kappa shape index (κ3) is 3.88. The molecule has 0 saturated heterocycles. The predicted molar refractivity (Wildman–Crippen MR) is 129 cm³/mol. The largest absolute Gasteiger partial charge is 0.367 e. The first-order chi connectivity index (χ1) is 15.7. The molecule has 5 heteroatoms. The zero-order valence-corrected chi connectivity index (χ0v) is 17.7. The molecule has 0 aliphatic heterocycles. The van der Waals surface area contributed by atoms with Gasteiger partial charge in [-0.1, -0.05) is 103 Å². The minimum absolute atomic E-state index is 0.277. The summed E-state index contributed by atoms with van der Waals surface area (Å²) in [6.45, 7) is 2.42. The number of rotatable bonds is 5. The normalized spacial score (nSPS) is 11.4. The van der Waals surface area contributed by atoms with Gasteiger partial charge in [-0.15, -0.1) is 5.10 Å². The molecule has 4 aromatic carbocycles. The van der Waals surface area contributed by atoms with Crippen molar-refractivity contribution in [3.8, 4) is 11.4 Å². The van der Waals surface area contributed by atoms with Gasteiger partial charge in [0.1, 0.15) is 0 Å². The lowest BCUT2D eigenvalue weighted by Crippen LogP contribution is -2.23. The molecule has 32 heavy (non-hydrogen) atoms. The second-order valence-corrected chi connectivity index (χ2v) is 7.74. The topological polar surface area (TPSA) is 52.2 Å². The fraction of sp³-hybridized carbons (Fsp3) is 0.0741. The van der Waals surface area contributed by atoms with Crippen LogP contribution in [0.25, 0.3) is 22.2 Å². The van der Waals surface area contributed by atoms with Crippen molar-refractivity contribution in [3.63, 3.8) is 0 Å². The molecule has 0 aliphatic rings. The quantitative estimate of drug-likeness (QED) is 0.373. The Morgan fingerprint density at radius 2 is 1.56 bits per heavy atom. The average molecular weight is 419 g/mol. The Labute approximate surface area is 185 Å². The summed E-state index contributed by atoms with van der Waals surface area (Å²) in [6, 6.07) is 32.0. The van der Waals surface area contributed by atoms with E-state index in [0.717, 1.165) is 33.0 Å². The zero-order valence-electron chi connectivity index (χ0n) is 17.7. The molecule has 0 saturated carbocycles. The van der Waals surface area contributed by atoms with Gasteiger partial charge in [-0.3, -0.25) is 0 Å². The van der Waals surface area contributed by atoms with Crippen LogP contribution >= 0.6 is 0 Å². The van der Waals surface area contributed by atoms with Crippen molar-refractivity contribution in [1.82, 2.24) is 14.5 Å². The summed E-state index contributed by atoms with van der Waals surface area (Å²) in [7, 11) is 0. The standard InChI is InChI=1S/C27H22N4O/c1-20-14-16-23(17-15-20)26-29-30(19-21-8-3-2-4-9-21)27(32)31(26)28-18-24-12-7-11-22-10-5-6-13-25(22)24/h2-18H,19H2,1H3/b28-18-. The molecule has 0 aliphatic carbocycles. The van der Waals surface area contributed by atoms with Gasteiger partial charge in [0.05, 0.1) is 12.8 Å². The molecule has 0 amide bonds. The van der Waals surface area contributed by atoms with Crippen molar-refractivity contribution in [2.45, 2.75) is 13.5 Å². The molecule has 1 aromatic heterocycles. The maximum absolute atomic E-state index is 13.3. The van der Waals surface area contributed by atoms with E-state index in [9.17, 15) is 4.79 Å². The summed E-state index contributed by atoms with van der Waals surface area (Å²) in [5.74, 6) is 0.516. The highest BCUT2D eigenvalue weighted by molar-refractivity contribution is 5.99. The Hall–Kier alpha value is -4.25. The Morgan fingerprint density at radius 1 is 0.844 bits per heavy atom. The highest BCUT2D eigenvalue weighted by Crippen LogP contribution is 2.19. The van der Waals surface area contributed by atoms with E-state index in [-0.39, 0.29) is 5.69 Å². The van der Waals surface area contributed by atoms with E-state index in [1.807, 2.05) is 85.8 Å². The second kappa shape index (κ2) is 8.47. The van der Waals surface area contributed by atoms with E-state index >= 15 is 0 Å². The number of aromatic nitrogens is 3. The minimum Gasteiger partial charge on any atom is -0.244 e. The summed E-state index contributed by atoms with van der Waals surface area (Å²) in [5.41, 5.74) is 3.66. The van der Waals surface area contributed by atoms with Gasteiger partial charge in [-0.2, -0.15) is 9.78 Å². The predicted octanol–water partition coefficient (Wildman–Crippen LogP) is 5.10. The van der Waals surface area contributed by atoms with Crippen LogP contribution in [0.1, 0.15) is 16.7 Å². The maximum Gasteiger partial charge on any atom is 0.367 e. The highest BCUT2D eigenvalue weighted by Gasteiger charge is 2.15. The number of benzene rings is 4. The Balaban J connectivity index is 1.61. The van der Waals surface area contributed by atoms with Gasteiger partial charge in [0.25, 0.3) is 0 Å². The molecular weight excluding hydrogens is 396 g/mol. The van der Waals surface area contributed by atoms with Gasteiger partial charge >= 0.3 is 5.69 Å². The summed E-state index contributed by atoms with van der Waals surface area (Å²) >= 11 is 0. The molecule has 0 N–H and O–H groups in total. The maximum atomic E-state index is 13.3. The van der Waals surface area contributed by atoms with Gasteiger partial charge in [-0.05, 0) is 23.3 Å². The minimum atomic E-state index is -0.277. The van der Waals surface area contributed by atoms with Crippen LogP contribution < -0.4 is 5.69 Å². The van der Waals surface area contributed by atoms with E-state index in [1.54, 1.807) is 6.21 Å². The van der Waals surface area contributed by atoms with Crippen LogP contribution in [-0.2, 0) is 6.54 Å². The van der Waals surface area contributed by atoms with E-state index in [0.29, 0.717) is 12.4 Å². The Bertz CT molecular complexity index is 1460. The monoisotopic (exact) mass is 418 g/mol. The van der Waals surface area contributed by atoms with E-state index in [2.05, 4.69) is 28.4 Å². The van der Waals surface area contributed by atoms with Gasteiger partial charge < -0.3 is 0 Å². The van der Waals surface area contributed by atoms with E-state index < -0.39 is 0 Å². The molecule has 0 fully saturated rings. The Kier molecular flexibility index (Phi) is 5.22. The molecule has 156 valence electrons. The lowest BCUT2D eigenvalue weighted by atomic mass is 10.1. The van der Waals surface area contributed by atoms with Crippen LogP contribution in [0.5, 0.6) is 0 Å². The molecule has 5 nitrogen and oxygen atoms in total. The molecule has 0 bridgehead atoms. The van der Waals surface area contributed by atoms with Crippen molar-refractivity contribution < 1.29 is 0 Å². The summed E-state index contributed by atoms with van der Waals surface area (Å²) in [5, 5.41) is 11.4. The third-order valence-corrected chi connectivity index (χ3v) is 5.44. The summed E-state index contributed by atoms with van der Waals surface area (Å²) in [4.78, 5) is 13.3. The molecule has 0 atom stereocenters. The van der Waals surface area contributed by atoms with Gasteiger partial charge in [0, 0.05) is 11.1 Å². The summed E-state index contributed by atoms with van der Waals surface area (Å²) < 4.78 is 2.85. The van der Waals surface area contributed by atoms with E-state index in [4.69, 9.17) is 0 Å². The average Bonchev–Trinajstić information content (AvgIpc) is 3.14. The zero-order chi connectivity index (χ0) is 21.9. The van der Waals surface area contributed by atoms with Crippen LogP contribution in [0.2, 0.25) is 0 Å². The number of fused-ring (bicyclic) bond motifs is 1. The van der Waals surface area contributed by atoms with Crippen molar-refractivity contribution in [1.29, 1.82) is 0 Å².